The molecule has 0 aromatic heterocycles. The molecule has 1 aliphatic carbocycles. The van der Waals surface area contributed by atoms with Gasteiger partial charge in [0.2, 0.25) is 0 Å². The summed E-state index contributed by atoms with van der Waals surface area (Å²) in [6.45, 7) is 4.84. The summed E-state index contributed by atoms with van der Waals surface area (Å²) >= 11 is 6.29. The zero-order valence-corrected chi connectivity index (χ0v) is 18.9. The van der Waals surface area contributed by atoms with Gasteiger partial charge in [0.1, 0.15) is 0 Å². The number of hydrogen-bond acceptors (Lipinski definition) is 0. The molecule has 0 aliphatic heterocycles. The largest absolute Gasteiger partial charge is 4.00 e. The normalized spacial score (nSPS) is 20.4. The van der Waals surface area contributed by atoms with Crippen molar-refractivity contribution in [3.05, 3.63) is 23.4 Å². The predicted molar refractivity (Wildman–Crippen MR) is 95.7 cm³/mol. The third kappa shape index (κ3) is 14.2. The average Bonchev–Trinajstić information content (AvgIpc) is 2.67. The Hall–Kier alpha value is 1.27. The minimum absolute atomic E-state index is 0. The first-order chi connectivity index (χ1) is 8.40. The van der Waals surface area contributed by atoms with Crippen LogP contribution in [0.4, 0.5) is 0 Å². The van der Waals surface area contributed by atoms with Gasteiger partial charge < -0.3 is 23.4 Å². The first kappa shape index (κ1) is 29.3. The molecule has 2 atom stereocenters. The summed E-state index contributed by atoms with van der Waals surface area (Å²) in [7, 11) is 7.79. The van der Waals surface area contributed by atoms with Crippen LogP contribution in [0.1, 0.15) is 19.3 Å². The molecule has 0 amide bonds. The maximum atomic E-state index is 6.29. The Kier molecular flexibility index (Phi) is 26.8. The van der Waals surface area contributed by atoms with Crippen molar-refractivity contribution >= 4 is 19.7 Å². The van der Waals surface area contributed by atoms with E-state index in [1.165, 1.54) is 19.3 Å². The maximum absolute atomic E-state index is 6.29. The van der Waals surface area contributed by atoms with E-state index in [9.17, 15) is 0 Å². The standard InChI is InChI=1S/C9H19ClNSi.2C2H6N.CH3.Zr/c1-11-7-12(2,3)9-6-4-5-8(9)10;2*1-3-2;;/h8-9H,4-7H2,1-3H3;2*1-2H3;1H3;/q4*-1;+4. The molecule has 6 heteroatoms. The van der Waals surface area contributed by atoms with Crippen LogP contribution < -0.4 is 0 Å². The summed E-state index contributed by atoms with van der Waals surface area (Å²) in [6.07, 6.45) is 5.00. The molecule has 0 heterocycles. The van der Waals surface area contributed by atoms with Crippen LogP contribution in [0.15, 0.2) is 0 Å². The third-order valence-corrected chi connectivity index (χ3v) is 7.56. The van der Waals surface area contributed by atoms with E-state index in [1.807, 2.05) is 7.05 Å². The molecule has 120 valence electrons. The van der Waals surface area contributed by atoms with Crippen LogP contribution in [0.5, 0.6) is 0 Å². The molecule has 2 unspecified atom stereocenters. The zero-order valence-electron chi connectivity index (χ0n) is 14.7. The van der Waals surface area contributed by atoms with Crippen molar-refractivity contribution in [1.29, 1.82) is 0 Å². The topological polar surface area (TPSA) is 42.3 Å². The van der Waals surface area contributed by atoms with E-state index in [-0.39, 0.29) is 33.6 Å². The van der Waals surface area contributed by atoms with Crippen LogP contribution in [0.25, 0.3) is 16.0 Å². The summed E-state index contributed by atoms with van der Waals surface area (Å²) in [4.78, 5) is 0. The SMILES string of the molecule is C[N-]C.C[N-]C.C[N-]C[Si](C)(C)C1CCCC1Cl.[CH3-].[Zr+4]. The average molecular weight is 399 g/mol. The van der Waals surface area contributed by atoms with E-state index in [1.54, 1.807) is 28.2 Å². The molecule has 3 nitrogen and oxygen atoms in total. The van der Waals surface area contributed by atoms with Gasteiger partial charge >= 0.3 is 26.2 Å². The molecule has 0 aromatic rings. The van der Waals surface area contributed by atoms with Crippen molar-refractivity contribution in [2.75, 3.05) is 41.4 Å². The van der Waals surface area contributed by atoms with Crippen molar-refractivity contribution in [1.82, 2.24) is 0 Å². The van der Waals surface area contributed by atoms with Crippen molar-refractivity contribution in [2.24, 2.45) is 0 Å². The van der Waals surface area contributed by atoms with E-state index in [2.05, 4.69) is 29.0 Å². The van der Waals surface area contributed by atoms with E-state index >= 15 is 0 Å². The van der Waals surface area contributed by atoms with Crippen molar-refractivity contribution in [2.45, 2.75) is 43.3 Å². The monoisotopic (exact) mass is 397 g/mol. The summed E-state index contributed by atoms with van der Waals surface area (Å²) in [5.74, 6) is 0. The second-order valence-corrected chi connectivity index (χ2v) is 11.0. The van der Waals surface area contributed by atoms with Gasteiger partial charge in [-0.1, -0.05) is 25.9 Å². The molecule has 1 saturated carbocycles. The fraction of sp³-hybridized carbons (Fsp3) is 0.929. The Labute approximate surface area is 153 Å². The Morgan fingerprint density at radius 2 is 1.40 bits per heavy atom. The van der Waals surface area contributed by atoms with Crippen molar-refractivity contribution in [3.63, 3.8) is 0 Å². The van der Waals surface area contributed by atoms with Crippen LogP contribution in [0.3, 0.4) is 0 Å². The van der Waals surface area contributed by atoms with Crippen molar-refractivity contribution in [3.8, 4) is 0 Å². The zero-order chi connectivity index (χ0) is 14.6. The molecule has 20 heavy (non-hydrogen) atoms. The number of halogens is 1. The van der Waals surface area contributed by atoms with Gasteiger partial charge in [0.15, 0.2) is 0 Å². The van der Waals surface area contributed by atoms with Gasteiger partial charge in [0.25, 0.3) is 0 Å². The minimum Gasteiger partial charge on any atom is -0.668 e. The van der Waals surface area contributed by atoms with Gasteiger partial charge in [0, 0.05) is 13.5 Å². The van der Waals surface area contributed by atoms with Gasteiger partial charge in [-0.2, -0.15) is 41.4 Å². The molecule has 0 radical (unpaired) electrons. The van der Waals surface area contributed by atoms with E-state index in [0.717, 1.165) is 11.7 Å². The van der Waals surface area contributed by atoms with Crippen LogP contribution in [-0.4, -0.2) is 54.9 Å². The summed E-state index contributed by atoms with van der Waals surface area (Å²) in [5, 5.41) is 11.7. The van der Waals surface area contributed by atoms with E-state index in [0.29, 0.717) is 5.38 Å². The Morgan fingerprint density at radius 3 is 1.65 bits per heavy atom. The minimum atomic E-state index is -1.13. The van der Waals surface area contributed by atoms with Crippen molar-refractivity contribution < 1.29 is 26.2 Å². The Balaban J connectivity index is -0.000000139. The van der Waals surface area contributed by atoms with Gasteiger partial charge in [0.05, 0.1) is 0 Å². The second-order valence-electron chi connectivity index (χ2n) is 5.41. The number of hydrogen-bond donors (Lipinski definition) is 0. The van der Waals surface area contributed by atoms with Gasteiger partial charge in [-0.15, -0.1) is 11.6 Å². The smallest absolute Gasteiger partial charge is 0.668 e. The molecular weight excluding hydrogens is 365 g/mol. The predicted octanol–water partition coefficient (Wildman–Crippen LogP) is 5.09. The molecular formula is C14H34ClN3SiZr. The molecule has 0 saturated heterocycles. The van der Waals surface area contributed by atoms with Gasteiger partial charge in [-0.25, -0.2) is 0 Å². The van der Waals surface area contributed by atoms with E-state index < -0.39 is 8.07 Å². The Bertz CT molecular complexity index is 184. The fourth-order valence-electron chi connectivity index (χ4n) is 2.32. The number of nitrogens with zero attached hydrogens (tertiary/aromatic N) is 3. The van der Waals surface area contributed by atoms with Crippen LogP contribution >= 0.6 is 11.6 Å². The van der Waals surface area contributed by atoms with Crippen LogP contribution in [0, 0.1) is 7.43 Å². The molecule has 1 rings (SSSR count). The maximum Gasteiger partial charge on any atom is 4.00 e. The fourth-order valence-corrected chi connectivity index (χ4v) is 6.80. The summed E-state index contributed by atoms with van der Waals surface area (Å²) < 4.78 is 0. The van der Waals surface area contributed by atoms with E-state index in [4.69, 9.17) is 11.6 Å². The molecule has 0 spiro atoms. The Morgan fingerprint density at radius 1 is 1.00 bits per heavy atom. The second kappa shape index (κ2) is 18.3. The molecule has 1 aliphatic rings. The van der Waals surface area contributed by atoms with Crippen LogP contribution in [-0.2, 0) is 26.2 Å². The third-order valence-electron chi connectivity index (χ3n) is 3.00. The molecule has 0 aromatic carbocycles. The van der Waals surface area contributed by atoms with Crippen LogP contribution in [0.2, 0.25) is 18.6 Å². The quantitative estimate of drug-likeness (QED) is 0.361. The molecule has 1 fully saturated rings. The van der Waals surface area contributed by atoms with Gasteiger partial charge in [-0.05, 0) is 12.0 Å². The summed E-state index contributed by atoms with van der Waals surface area (Å²) in [5.41, 5.74) is 0.808. The number of rotatable bonds is 3. The number of alkyl halides is 1. The van der Waals surface area contributed by atoms with Gasteiger partial charge in [-0.3, -0.25) is 0 Å². The molecule has 0 N–H and O–H groups in total. The molecule has 0 bridgehead atoms. The first-order valence-corrected chi connectivity index (χ1v) is 10.3. The summed E-state index contributed by atoms with van der Waals surface area (Å²) in [6, 6.07) is 0. The first-order valence-electron chi connectivity index (χ1n) is 6.56.